The molecule has 1 saturated heterocycles. The van der Waals surface area contributed by atoms with Crippen LogP contribution in [0.1, 0.15) is 57.4 Å². The third-order valence-corrected chi connectivity index (χ3v) is 11.2. The summed E-state index contributed by atoms with van der Waals surface area (Å²) in [6, 6.07) is 15.2. The first kappa shape index (κ1) is 36.4. The van der Waals surface area contributed by atoms with Gasteiger partial charge in [0.2, 0.25) is 5.91 Å². The maximum absolute atomic E-state index is 13.3. The fourth-order valence-electron chi connectivity index (χ4n) is 6.84. The number of nitrogens with one attached hydrogen (secondary N) is 2. The molecule has 270 valence electrons. The summed E-state index contributed by atoms with van der Waals surface area (Å²) in [5.41, 5.74) is 5.49. The lowest BCUT2D eigenvalue weighted by molar-refractivity contribution is -0.133. The van der Waals surface area contributed by atoms with E-state index in [1.54, 1.807) is 29.5 Å². The smallest absolute Gasteiger partial charge is 0.293 e. The number of carbonyl (C=O) groups excluding carboxylic acids is 2. The van der Waals surface area contributed by atoms with Crippen LogP contribution in [0.25, 0.3) is 11.3 Å². The minimum Gasteiger partial charge on any atom is -0.395 e. The number of aryl methyl sites for hydroxylation is 3. The Labute approximate surface area is 303 Å². The molecule has 1 aliphatic heterocycles. The van der Waals surface area contributed by atoms with Crippen LogP contribution >= 0.6 is 11.3 Å². The van der Waals surface area contributed by atoms with Crippen LogP contribution in [0, 0.1) is 6.92 Å². The number of thiophene rings is 1. The Hall–Kier alpha value is -4.36. The number of rotatable bonds is 12. The minimum absolute atomic E-state index is 0.0374. The zero-order valence-electron chi connectivity index (χ0n) is 29.9. The number of amides is 2. The van der Waals surface area contributed by atoms with Gasteiger partial charge in [-0.3, -0.25) is 19.3 Å². The first-order valence-corrected chi connectivity index (χ1v) is 18.8. The van der Waals surface area contributed by atoms with Crippen molar-refractivity contribution in [2.24, 2.45) is 7.05 Å². The highest BCUT2D eigenvalue weighted by atomic mass is 32.1. The van der Waals surface area contributed by atoms with Crippen LogP contribution in [0.5, 0.6) is 0 Å². The Morgan fingerprint density at radius 2 is 1.75 bits per heavy atom. The standard InChI is InChI=1S/C39H49N7O4S/c1-4-44-17-19-45(20-18-44)26-46(21-22-47)36(48)23-28-13-15-30(16-14-28)40-37-39(50)43(3)25-33(41-37)31-10-8-11-32(27(31)2)42-38(49)35-24-29-9-6-5-7-12-34(29)51-35/h8,10-11,13-16,24-25,47H,4-7,9,12,17-23,26H2,1-3H3,(H,40,41)(H,42,49). The zero-order chi connectivity index (χ0) is 35.9. The Morgan fingerprint density at radius 3 is 2.49 bits per heavy atom. The van der Waals surface area contributed by atoms with Gasteiger partial charge in [0.15, 0.2) is 5.82 Å². The van der Waals surface area contributed by atoms with E-state index in [1.807, 2.05) is 49.4 Å². The molecular weight excluding hydrogens is 663 g/mol. The molecule has 12 heteroatoms. The Balaban J connectivity index is 1.12. The minimum atomic E-state index is -0.281. The van der Waals surface area contributed by atoms with E-state index in [2.05, 4.69) is 33.4 Å². The van der Waals surface area contributed by atoms with E-state index >= 15 is 0 Å². The first-order chi connectivity index (χ1) is 24.7. The molecule has 0 saturated carbocycles. The molecule has 0 radical (unpaired) electrons. The van der Waals surface area contributed by atoms with Crippen LogP contribution in [-0.2, 0) is 31.1 Å². The molecule has 2 aliphatic rings. The van der Waals surface area contributed by atoms with Gasteiger partial charge in [-0.25, -0.2) is 4.98 Å². The second-order valence-electron chi connectivity index (χ2n) is 13.5. The molecule has 0 atom stereocenters. The average Bonchev–Trinajstić information content (AvgIpc) is 3.42. The molecule has 2 aromatic carbocycles. The maximum atomic E-state index is 13.3. The second kappa shape index (κ2) is 16.8. The van der Waals surface area contributed by atoms with E-state index in [0.29, 0.717) is 30.3 Å². The van der Waals surface area contributed by atoms with Gasteiger partial charge in [-0.1, -0.05) is 37.6 Å². The van der Waals surface area contributed by atoms with E-state index in [4.69, 9.17) is 4.98 Å². The molecule has 1 fully saturated rings. The third-order valence-electron chi connectivity index (χ3n) is 9.98. The Bertz CT molecular complexity index is 1870. The van der Waals surface area contributed by atoms with E-state index < -0.39 is 0 Å². The van der Waals surface area contributed by atoms with Crippen LogP contribution in [0.3, 0.4) is 0 Å². The number of likely N-dealkylation sites (N-methyl/N-ethyl adjacent to an activating group) is 1. The van der Waals surface area contributed by atoms with Crippen molar-refractivity contribution in [3.63, 3.8) is 0 Å². The lowest BCUT2D eigenvalue weighted by Crippen LogP contribution is -2.51. The molecule has 11 nitrogen and oxygen atoms in total. The predicted octanol–water partition coefficient (Wildman–Crippen LogP) is 5.04. The summed E-state index contributed by atoms with van der Waals surface area (Å²) in [7, 11) is 1.69. The van der Waals surface area contributed by atoms with Crippen molar-refractivity contribution < 1.29 is 14.7 Å². The lowest BCUT2D eigenvalue weighted by atomic mass is 10.0. The number of hydrogen-bond donors (Lipinski definition) is 3. The number of benzene rings is 2. The number of hydrogen-bond acceptors (Lipinski definition) is 9. The summed E-state index contributed by atoms with van der Waals surface area (Å²) in [5, 5.41) is 15.9. The topological polar surface area (TPSA) is 123 Å². The summed E-state index contributed by atoms with van der Waals surface area (Å²) < 4.78 is 1.50. The molecule has 6 rings (SSSR count). The summed E-state index contributed by atoms with van der Waals surface area (Å²) in [6.45, 7) is 9.61. The molecule has 1 aliphatic carbocycles. The van der Waals surface area contributed by atoms with E-state index in [9.17, 15) is 19.5 Å². The summed E-state index contributed by atoms with van der Waals surface area (Å²) in [4.78, 5) is 52.9. The summed E-state index contributed by atoms with van der Waals surface area (Å²) in [6.07, 6.45) is 7.58. The largest absolute Gasteiger partial charge is 0.395 e. The molecule has 0 unspecified atom stereocenters. The normalized spacial score (nSPS) is 15.2. The van der Waals surface area contributed by atoms with Crippen molar-refractivity contribution in [1.82, 2.24) is 24.3 Å². The third kappa shape index (κ3) is 8.93. The van der Waals surface area contributed by atoms with Crippen LogP contribution in [0.15, 0.2) is 59.5 Å². The lowest BCUT2D eigenvalue weighted by Gasteiger charge is -2.37. The van der Waals surface area contributed by atoms with Crippen molar-refractivity contribution in [3.05, 3.63) is 91.5 Å². The highest BCUT2D eigenvalue weighted by molar-refractivity contribution is 7.14. The number of aliphatic hydroxyl groups is 1. The number of carbonyl (C=O) groups is 2. The van der Waals surface area contributed by atoms with Gasteiger partial charge in [0, 0.05) is 67.8 Å². The van der Waals surface area contributed by atoms with Gasteiger partial charge in [-0.05, 0) is 80.1 Å². The van der Waals surface area contributed by atoms with Gasteiger partial charge in [0.1, 0.15) is 0 Å². The highest BCUT2D eigenvalue weighted by Crippen LogP contribution is 2.32. The van der Waals surface area contributed by atoms with Crippen LogP contribution < -0.4 is 16.2 Å². The highest BCUT2D eigenvalue weighted by Gasteiger charge is 2.22. The van der Waals surface area contributed by atoms with Crippen molar-refractivity contribution in [1.29, 1.82) is 0 Å². The van der Waals surface area contributed by atoms with Crippen molar-refractivity contribution >= 4 is 40.3 Å². The Kier molecular flexibility index (Phi) is 12.0. The molecular formula is C39H49N7O4S. The van der Waals surface area contributed by atoms with Crippen molar-refractivity contribution in [2.45, 2.75) is 52.4 Å². The van der Waals surface area contributed by atoms with Crippen LogP contribution in [-0.4, -0.2) is 93.7 Å². The Morgan fingerprint density at radius 1 is 1.00 bits per heavy atom. The van der Waals surface area contributed by atoms with E-state index in [1.165, 1.54) is 34.3 Å². The van der Waals surface area contributed by atoms with E-state index in [0.717, 1.165) is 67.1 Å². The van der Waals surface area contributed by atoms with Gasteiger partial charge in [-0.2, -0.15) is 0 Å². The maximum Gasteiger partial charge on any atom is 0.293 e. The number of nitrogens with zero attached hydrogens (tertiary/aromatic N) is 5. The fourth-order valence-corrected chi connectivity index (χ4v) is 7.99. The van der Waals surface area contributed by atoms with Crippen LogP contribution in [0.2, 0.25) is 0 Å². The van der Waals surface area contributed by atoms with Gasteiger partial charge in [0.25, 0.3) is 11.5 Å². The summed E-state index contributed by atoms with van der Waals surface area (Å²) in [5.74, 6) is 0.0236. The molecule has 2 amide bonds. The quantitative estimate of drug-likeness (QED) is 0.175. The fraction of sp³-hybridized carbons (Fsp3) is 0.436. The molecule has 0 spiro atoms. The second-order valence-corrected chi connectivity index (χ2v) is 14.7. The number of piperazine rings is 1. The van der Waals surface area contributed by atoms with Gasteiger partial charge in [-0.15, -0.1) is 11.3 Å². The number of aromatic nitrogens is 2. The van der Waals surface area contributed by atoms with Crippen molar-refractivity contribution in [3.8, 4) is 11.3 Å². The van der Waals surface area contributed by atoms with Crippen molar-refractivity contribution in [2.75, 3.05) is 63.2 Å². The average molecular weight is 712 g/mol. The zero-order valence-corrected chi connectivity index (χ0v) is 30.7. The number of aliphatic hydroxyl groups excluding tert-OH is 1. The molecule has 3 N–H and O–H groups in total. The summed E-state index contributed by atoms with van der Waals surface area (Å²) >= 11 is 1.60. The number of anilines is 3. The van der Waals surface area contributed by atoms with Gasteiger partial charge in [0.05, 0.1) is 30.3 Å². The first-order valence-electron chi connectivity index (χ1n) is 18.0. The van der Waals surface area contributed by atoms with Crippen LogP contribution in [0.4, 0.5) is 17.2 Å². The predicted molar refractivity (Wildman–Crippen MR) is 204 cm³/mol. The monoisotopic (exact) mass is 711 g/mol. The molecule has 3 heterocycles. The van der Waals surface area contributed by atoms with Gasteiger partial charge >= 0.3 is 0 Å². The molecule has 2 aromatic heterocycles. The number of fused-ring (bicyclic) bond motifs is 1. The molecule has 4 aromatic rings. The van der Waals surface area contributed by atoms with Gasteiger partial charge < -0.3 is 30.1 Å². The molecule has 51 heavy (non-hydrogen) atoms. The SMILES string of the molecule is CCN1CCN(CN(CCO)C(=O)Cc2ccc(Nc3nc(-c4cccc(NC(=O)c5cc6c(s5)CCCCC6)c4C)cn(C)c3=O)cc2)CC1. The molecule has 0 bridgehead atoms. The van der Waals surface area contributed by atoms with E-state index in [-0.39, 0.29) is 36.2 Å².